The van der Waals surface area contributed by atoms with E-state index in [1.165, 1.54) is 25.0 Å². The van der Waals surface area contributed by atoms with E-state index in [0.717, 1.165) is 6.54 Å². The van der Waals surface area contributed by atoms with Gasteiger partial charge in [0.15, 0.2) is 0 Å². The number of nitrogens with two attached hydrogens (primary N) is 1. The maximum atomic E-state index is 5.86. The molecule has 1 aromatic rings. The minimum atomic E-state index is 0.282. The highest BCUT2D eigenvalue weighted by atomic mass is 15.2. The quantitative estimate of drug-likeness (QED) is 0.715. The highest BCUT2D eigenvalue weighted by molar-refractivity contribution is 5.05. The van der Waals surface area contributed by atoms with Crippen LogP contribution in [0.2, 0.25) is 0 Å². The second-order valence-corrected chi connectivity index (χ2v) is 4.37. The van der Waals surface area contributed by atoms with Crippen molar-refractivity contribution in [3.05, 3.63) is 18.2 Å². The second-order valence-electron chi connectivity index (χ2n) is 4.37. The van der Waals surface area contributed by atoms with E-state index < -0.39 is 0 Å². The molecule has 1 aromatic heterocycles. The highest BCUT2D eigenvalue weighted by Crippen LogP contribution is 2.17. The lowest BCUT2D eigenvalue weighted by molar-refractivity contribution is 0.237. The summed E-state index contributed by atoms with van der Waals surface area (Å²) >= 11 is 0. The third-order valence-electron chi connectivity index (χ3n) is 3.07. The lowest BCUT2D eigenvalue weighted by Crippen LogP contribution is -2.32. The van der Waals surface area contributed by atoms with Crippen molar-refractivity contribution in [2.75, 3.05) is 20.1 Å². The van der Waals surface area contributed by atoms with Crippen LogP contribution >= 0.6 is 0 Å². The average molecular weight is 224 g/mol. The number of imidazole rings is 1. The van der Waals surface area contributed by atoms with Gasteiger partial charge in [0.1, 0.15) is 0 Å². The first-order chi connectivity index (χ1) is 7.70. The average Bonchev–Trinajstić information content (AvgIpc) is 2.67. The van der Waals surface area contributed by atoms with Crippen LogP contribution < -0.4 is 5.73 Å². The van der Waals surface area contributed by atoms with Crippen molar-refractivity contribution in [1.29, 1.82) is 0 Å². The Morgan fingerprint density at radius 3 is 2.75 bits per heavy atom. The predicted molar refractivity (Wildman–Crippen MR) is 67.2 cm³/mol. The summed E-state index contributed by atoms with van der Waals surface area (Å²) in [6, 6.07) is 0.282. The Balaban J connectivity index is 2.57. The molecule has 0 amide bonds. The fourth-order valence-electron chi connectivity index (χ4n) is 1.98. The van der Waals surface area contributed by atoms with Crippen LogP contribution in [-0.2, 0) is 7.05 Å². The van der Waals surface area contributed by atoms with Crippen LogP contribution in [0.1, 0.15) is 37.9 Å². The monoisotopic (exact) mass is 224 g/mol. The van der Waals surface area contributed by atoms with Gasteiger partial charge in [-0.15, -0.1) is 0 Å². The third-order valence-corrected chi connectivity index (χ3v) is 3.07. The Morgan fingerprint density at radius 2 is 2.25 bits per heavy atom. The number of hydrogen-bond acceptors (Lipinski definition) is 3. The van der Waals surface area contributed by atoms with E-state index in [-0.39, 0.29) is 6.04 Å². The first kappa shape index (κ1) is 13.2. The largest absolute Gasteiger partial charge is 0.336 e. The van der Waals surface area contributed by atoms with E-state index in [1.807, 2.05) is 24.1 Å². The van der Waals surface area contributed by atoms with Gasteiger partial charge in [-0.05, 0) is 20.0 Å². The lowest BCUT2D eigenvalue weighted by Gasteiger charge is -2.27. The zero-order valence-corrected chi connectivity index (χ0v) is 10.7. The van der Waals surface area contributed by atoms with E-state index in [9.17, 15) is 0 Å². The first-order valence-electron chi connectivity index (χ1n) is 6.07. The Kier molecular flexibility index (Phi) is 5.49. The van der Waals surface area contributed by atoms with Crippen LogP contribution in [0.25, 0.3) is 0 Å². The summed E-state index contributed by atoms with van der Waals surface area (Å²) in [7, 11) is 4.16. The molecule has 1 atom stereocenters. The zero-order valence-electron chi connectivity index (χ0n) is 10.7. The number of aryl methyl sites for hydroxylation is 1. The Morgan fingerprint density at radius 1 is 1.50 bits per heavy atom. The summed E-state index contributed by atoms with van der Waals surface area (Å²) in [6.07, 6.45) is 7.52. The van der Waals surface area contributed by atoms with E-state index in [1.54, 1.807) is 0 Å². The number of aromatic nitrogens is 2. The molecule has 1 rings (SSSR count). The summed E-state index contributed by atoms with van der Waals surface area (Å²) in [5.74, 6) is 0. The number of unbranched alkanes of at least 4 members (excludes halogenated alkanes) is 2. The molecule has 4 nitrogen and oxygen atoms in total. The molecule has 1 unspecified atom stereocenters. The fraction of sp³-hybridized carbons (Fsp3) is 0.750. The third kappa shape index (κ3) is 3.32. The molecule has 92 valence electrons. The van der Waals surface area contributed by atoms with Crippen molar-refractivity contribution in [3.8, 4) is 0 Å². The lowest BCUT2D eigenvalue weighted by atomic mass is 10.1. The SMILES string of the molecule is CCCCCN(C)C(CN)c1cncn1C. The molecule has 0 aliphatic carbocycles. The summed E-state index contributed by atoms with van der Waals surface area (Å²) in [5.41, 5.74) is 7.05. The molecule has 4 heteroatoms. The minimum Gasteiger partial charge on any atom is -0.336 e. The molecule has 0 radical (unpaired) electrons. The van der Waals surface area contributed by atoms with Crippen LogP contribution in [0.15, 0.2) is 12.5 Å². The van der Waals surface area contributed by atoms with Crippen molar-refractivity contribution in [2.24, 2.45) is 12.8 Å². The standard InChI is InChI=1S/C12H24N4/c1-4-5-6-7-15(2)11(8-13)12-9-14-10-16(12)3/h9-11H,4-8,13H2,1-3H3. The molecule has 0 aromatic carbocycles. The predicted octanol–water partition coefficient (Wildman–Crippen LogP) is 1.54. The van der Waals surface area contributed by atoms with Crippen LogP contribution in [0.5, 0.6) is 0 Å². The zero-order chi connectivity index (χ0) is 12.0. The molecular weight excluding hydrogens is 200 g/mol. The van der Waals surface area contributed by atoms with Gasteiger partial charge in [-0.2, -0.15) is 0 Å². The highest BCUT2D eigenvalue weighted by Gasteiger charge is 2.17. The van der Waals surface area contributed by atoms with Crippen LogP contribution in [0.3, 0.4) is 0 Å². The van der Waals surface area contributed by atoms with Crippen molar-refractivity contribution >= 4 is 0 Å². The van der Waals surface area contributed by atoms with Gasteiger partial charge in [0, 0.05) is 19.8 Å². The molecule has 0 aliphatic rings. The summed E-state index contributed by atoms with van der Waals surface area (Å²) in [6.45, 7) is 3.96. The number of nitrogens with zero attached hydrogens (tertiary/aromatic N) is 3. The number of likely N-dealkylation sites (N-methyl/N-ethyl adjacent to an activating group) is 1. The molecule has 0 spiro atoms. The van der Waals surface area contributed by atoms with Gasteiger partial charge < -0.3 is 10.3 Å². The summed E-state index contributed by atoms with van der Waals surface area (Å²) in [4.78, 5) is 6.48. The molecular formula is C12H24N4. The molecule has 0 saturated carbocycles. The van der Waals surface area contributed by atoms with E-state index in [2.05, 4.69) is 23.9 Å². The van der Waals surface area contributed by atoms with Gasteiger partial charge in [-0.25, -0.2) is 4.98 Å². The summed E-state index contributed by atoms with van der Waals surface area (Å²) in [5, 5.41) is 0. The van der Waals surface area contributed by atoms with Crippen molar-refractivity contribution in [2.45, 2.75) is 32.2 Å². The molecule has 1 heterocycles. The van der Waals surface area contributed by atoms with Crippen LogP contribution in [0.4, 0.5) is 0 Å². The molecule has 2 N–H and O–H groups in total. The van der Waals surface area contributed by atoms with Gasteiger partial charge in [-0.3, -0.25) is 4.90 Å². The van der Waals surface area contributed by atoms with Gasteiger partial charge in [0.2, 0.25) is 0 Å². The van der Waals surface area contributed by atoms with E-state index >= 15 is 0 Å². The molecule has 0 fully saturated rings. The first-order valence-corrected chi connectivity index (χ1v) is 6.07. The Hall–Kier alpha value is -0.870. The van der Waals surface area contributed by atoms with Gasteiger partial charge in [0.25, 0.3) is 0 Å². The maximum Gasteiger partial charge on any atom is 0.0946 e. The molecule has 0 bridgehead atoms. The smallest absolute Gasteiger partial charge is 0.0946 e. The van der Waals surface area contributed by atoms with Crippen LogP contribution in [0, 0.1) is 0 Å². The second kappa shape index (κ2) is 6.66. The normalized spacial score (nSPS) is 13.3. The van der Waals surface area contributed by atoms with E-state index in [0.29, 0.717) is 6.54 Å². The topological polar surface area (TPSA) is 47.1 Å². The minimum absolute atomic E-state index is 0.282. The van der Waals surface area contributed by atoms with Crippen LogP contribution in [-0.4, -0.2) is 34.6 Å². The van der Waals surface area contributed by atoms with Gasteiger partial charge >= 0.3 is 0 Å². The maximum absolute atomic E-state index is 5.86. The van der Waals surface area contributed by atoms with Gasteiger partial charge in [-0.1, -0.05) is 19.8 Å². The summed E-state index contributed by atoms with van der Waals surface area (Å²) < 4.78 is 2.05. The van der Waals surface area contributed by atoms with E-state index in [4.69, 9.17) is 5.73 Å². The molecule has 0 saturated heterocycles. The van der Waals surface area contributed by atoms with Gasteiger partial charge in [0.05, 0.1) is 18.1 Å². The molecule has 16 heavy (non-hydrogen) atoms. The van der Waals surface area contributed by atoms with Crippen molar-refractivity contribution in [1.82, 2.24) is 14.5 Å². The number of hydrogen-bond donors (Lipinski definition) is 1. The Labute approximate surface area is 98.5 Å². The van der Waals surface area contributed by atoms with Crippen molar-refractivity contribution in [3.63, 3.8) is 0 Å². The van der Waals surface area contributed by atoms with Crippen molar-refractivity contribution < 1.29 is 0 Å². The Bertz CT molecular complexity index is 295. The molecule has 0 aliphatic heterocycles. The number of rotatable bonds is 7. The fourth-order valence-corrected chi connectivity index (χ4v) is 1.98.